The summed E-state index contributed by atoms with van der Waals surface area (Å²) in [5, 5.41) is 4.04. The summed E-state index contributed by atoms with van der Waals surface area (Å²) in [5.74, 6) is 0. The second kappa shape index (κ2) is 28.3. The van der Waals surface area contributed by atoms with Crippen LogP contribution >= 0.6 is 92.8 Å². The van der Waals surface area contributed by atoms with Gasteiger partial charge in [-0.2, -0.15) is 0 Å². The van der Waals surface area contributed by atoms with Gasteiger partial charge in [-0.25, -0.2) is 9.98 Å². The molecule has 498 valence electrons. The summed E-state index contributed by atoms with van der Waals surface area (Å²) in [6.07, 6.45) is 0. The van der Waals surface area contributed by atoms with Crippen LogP contribution in [0.3, 0.4) is 0 Å². The molecule has 1 aliphatic carbocycles. The number of benzene rings is 12. The first kappa shape index (κ1) is 66.8. The van der Waals surface area contributed by atoms with E-state index in [1.807, 2.05) is 218 Å². The maximum absolute atomic E-state index is 7.99. The maximum atomic E-state index is 7.99. The van der Waals surface area contributed by atoms with E-state index in [9.17, 15) is 0 Å². The third-order valence-corrected chi connectivity index (χ3v) is 21.7. The van der Waals surface area contributed by atoms with Gasteiger partial charge >= 0.3 is 0 Å². The molecular formula is C92H54Cl8N4. The van der Waals surface area contributed by atoms with Gasteiger partial charge in [0.2, 0.25) is 0 Å². The van der Waals surface area contributed by atoms with Crippen molar-refractivity contribution >= 4 is 149 Å². The molecule has 0 unspecified atom stereocenters. The number of allylic oxidation sites excluding steroid dienone is 4. The number of aliphatic imine (C=N–C) groups is 2. The zero-order chi connectivity index (χ0) is 70.7. The van der Waals surface area contributed by atoms with Crippen molar-refractivity contribution in [3.8, 4) is 44.5 Å². The van der Waals surface area contributed by atoms with E-state index in [0.717, 1.165) is 89.1 Å². The maximum Gasteiger partial charge on any atom is 0.0823 e. The molecule has 12 aromatic carbocycles. The zero-order valence-electron chi connectivity index (χ0n) is 54.9. The molecule has 4 heterocycles. The van der Waals surface area contributed by atoms with Gasteiger partial charge in [0, 0.05) is 89.1 Å². The molecule has 2 aromatic heterocycles. The number of aromatic nitrogens is 2. The van der Waals surface area contributed by atoms with Crippen molar-refractivity contribution in [1.29, 1.82) is 0 Å². The zero-order valence-corrected chi connectivity index (χ0v) is 61.0. The van der Waals surface area contributed by atoms with Gasteiger partial charge in [0.05, 0.1) is 85.1 Å². The van der Waals surface area contributed by atoms with Gasteiger partial charge in [0.1, 0.15) is 0 Å². The lowest BCUT2D eigenvalue weighted by Gasteiger charge is -2.19. The highest BCUT2D eigenvalue weighted by Crippen LogP contribution is 2.57. The highest BCUT2D eigenvalue weighted by molar-refractivity contribution is 6.56. The molecule has 2 N–H and O–H groups in total. The van der Waals surface area contributed by atoms with Crippen molar-refractivity contribution in [2.24, 2.45) is 9.98 Å². The predicted molar refractivity (Wildman–Crippen MR) is 440 cm³/mol. The van der Waals surface area contributed by atoms with Crippen LogP contribution in [-0.2, 0) is 0 Å². The Morgan fingerprint density at radius 3 is 0.635 bits per heavy atom. The summed E-state index contributed by atoms with van der Waals surface area (Å²) in [6, 6.07) is 105. The van der Waals surface area contributed by atoms with Crippen LogP contribution < -0.4 is 10.7 Å². The minimum atomic E-state index is 0.357. The van der Waals surface area contributed by atoms with E-state index < -0.39 is 0 Å². The lowest BCUT2D eigenvalue weighted by atomic mass is 9.83. The van der Waals surface area contributed by atoms with Crippen LogP contribution in [0, 0.1) is 0 Å². The Balaban J connectivity index is 1.28. The summed E-state index contributed by atoms with van der Waals surface area (Å²) in [5.41, 5.74) is 20.1. The number of nitrogens with one attached hydrogen (secondary N) is 2. The number of hydrogen-bond donors (Lipinski definition) is 2. The molecule has 104 heavy (non-hydrogen) atoms. The van der Waals surface area contributed by atoms with Crippen molar-refractivity contribution in [3.63, 3.8) is 0 Å². The quantitative estimate of drug-likeness (QED) is 0.122. The number of nitrogens with zero attached hydrogens (tertiary/aromatic N) is 2. The van der Waals surface area contributed by atoms with Gasteiger partial charge in [0.15, 0.2) is 0 Å². The van der Waals surface area contributed by atoms with Gasteiger partial charge in [-0.1, -0.05) is 360 Å². The molecule has 0 spiro atoms. The molecular weight excluding hydrogens is 1440 g/mol. The van der Waals surface area contributed by atoms with Crippen LogP contribution in [0.5, 0.6) is 0 Å². The molecule has 0 saturated heterocycles. The molecule has 12 heteroatoms. The Hall–Kier alpha value is -10.4. The van der Waals surface area contributed by atoms with Crippen molar-refractivity contribution in [2.75, 3.05) is 0 Å². The summed E-state index contributed by atoms with van der Waals surface area (Å²) in [6.45, 7) is 0. The van der Waals surface area contributed by atoms with Gasteiger partial charge < -0.3 is 9.97 Å². The second-order valence-electron chi connectivity index (χ2n) is 25.2. The Morgan fingerprint density at radius 2 is 0.385 bits per heavy atom. The Morgan fingerprint density at radius 1 is 0.173 bits per heavy atom. The van der Waals surface area contributed by atoms with E-state index in [1.54, 1.807) is 0 Å². The third kappa shape index (κ3) is 11.7. The molecule has 0 atom stereocenters. The van der Waals surface area contributed by atoms with Crippen molar-refractivity contribution in [1.82, 2.24) is 9.97 Å². The number of fused-ring (bicyclic) bond motifs is 10. The molecule has 3 aliphatic rings. The first-order valence-electron chi connectivity index (χ1n) is 33.7. The largest absolute Gasteiger partial charge is 0.353 e. The molecule has 0 fully saturated rings. The first-order valence-corrected chi connectivity index (χ1v) is 36.7. The van der Waals surface area contributed by atoms with Crippen LogP contribution in [-0.4, -0.2) is 21.4 Å². The molecule has 2 aliphatic heterocycles. The lowest BCUT2D eigenvalue weighted by molar-refractivity contribution is 1.25. The summed E-state index contributed by atoms with van der Waals surface area (Å²) >= 11 is 63.9. The molecule has 8 bridgehead atoms. The van der Waals surface area contributed by atoms with E-state index in [-0.39, 0.29) is 0 Å². The SMILES string of the molecule is Clc1cccc(Cl)c1C1=C2N=C(C(c3ccccc3)=C2c2ccccc2)C(c2c(Cl)cccc2Cl)=c2[nH]c(c(-c3ccccc3)c2-c2ccccc2)=C(c2c(Cl)cccc2Cl)C2=NC(=C(c3c(Cl)cccc3Cl)c3[nH]c1c(-c1ccccc1)c3-c1ccccc1)C(c1ccccc1)=C2c1ccccc1. The third-order valence-electron chi connectivity index (χ3n) is 19.2. The lowest BCUT2D eigenvalue weighted by Crippen LogP contribution is -2.24. The van der Waals surface area contributed by atoms with Crippen LogP contribution in [0.15, 0.2) is 337 Å². The highest BCUT2D eigenvalue weighted by atomic mass is 35.5. The van der Waals surface area contributed by atoms with Crippen LogP contribution in [0.25, 0.3) is 89.1 Å². The van der Waals surface area contributed by atoms with Gasteiger partial charge in [0.25, 0.3) is 0 Å². The smallest absolute Gasteiger partial charge is 0.0823 e. The van der Waals surface area contributed by atoms with Crippen LogP contribution in [0.1, 0.15) is 55.9 Å². The average molecular weight is 1500 g/mol. The average Bonchev–Trinajstić information content (AvgIpc) is 1.53. The summed E-state index contributed by atoms with van der Waals surface area (Å²) in [4.78, 5) is 21.4. The van der Waals surface area contributed by atoms with Crippen molar-refractivity contribution in [3.05, 3.63) is 434 Å². The molecule has 4 nitrogen and oxygen atoms in total. The first-order chi connectivity index (χ1) is 51.0. The van der Waals surface area contributed by atoms with Crippen molar-refractivity contribution < 1.29 is 0 Å². The van der Waals surface area contributed by atoms with Crippen LogP contribution in [0.4, 0.5) is 0 Å². The topological polar surface area (TPSA) is 56.3 Å². The van der Waals surface area contributed by atoms with E-state index >= 15 is 0 Å². The number of hydrogen-bond acceptors (Lipinski definition) is 2. The molecule has 14 aromatic rings. The van der Waals surface area contributed by atoms with E-state index in [0.29, 0.717) is 130 Å². The fraction of sp³-hybridized carbons (Fsp3) is 0. The van der Waals surface area contributed by atoms with Gasteiger partial charge in [-0.3, -0.25) is 0 Å². The van der Waals surface area contributed by atoms with Crippen molar-refractivity contribution in [2.45, 2.75) is 0 Å². The van der Waals surface area contributed by atoms with Gasteiger partial charge in [-0.05, 0) is 93.0 Å². The van der Waals surface area contributed by atoms with Crippen LogP contribution in [0.2, 0.25) is 40.2 Å². The monoisotopic (exact) mass is 1490 g/mol. The van der Waals surface area contributed by atoms with E-state index in [4.69, 9.17) is 103 Å². The predicted octanol–water partition coefficient (Wildman–Crippen LogP) is 26.0. The van der Waals surface area contributed by atoms with Gasteiger partial charge in [-0.15, -0.1) is 0 Å². The second-order valence-corrected chi connectivity index (χ2v) is 28.4. The fourth-order valence-electron chi connectivity index (χ4n) is 14.9. The number of H-pyrrole nitrogens is 2. The Labute approximate surface area is 641 Å². The number of halogens is 8. The molecule has 0 saturated carbocycles. The standard InChI is InChI=1S/C92H54Cl8N4/c93-61-45-25-46-62(94)77(61)81-85-69(53-29-9-1-10-30-53)70(54-31-11-2-12-32-54)86(101-85)82(78-63(95)47-26-48-64(78)96)88-73(57-37-17-5-18-38-57)74(58-39-19-6-20-40-58)90(103-88)84(80-67(99)51-28-52-68(80)100)92-76(60-43-23-8-24-44-60)75(59-41-21-7-22-42-59)91(104-92)83(79-65(97)49-27-50-66(79)98)89-72(56-35-15-4-16-36-56)71(87(81)102-89)55-33-13-3-14-34-55/h1-52,101,104H. The fourth-order valence-corrected chi connectivity index (χ4v) is 17.3. The normalized spacial score (nSPS) is 13.7. The Kier molecular flexibility index (Phi) is 18.2. The minimum Gasteiger partial charge on any atom is -0.353 e. The molecule has 0 amide bonds. The molecule has 0 radical (unpaired) electrons. The minimum absolute atomic E-state index is 0.357. The number of aromatic amines is 2. The Bertz CT molecular complexity index is 5670. The van der Waals surface area contributed by atoms with E-state index in [1.165, 1.54) is 0 Å². The summed E-state index contributed by atoms with van der Waals surface area (Å²) in [7, 11) is 0. The summed E-state index contributed by atoms with van der Waals surface area (Å²) < 4.78 is 0. The number of rotatable bonds is 12. The highest BCUT2D eigenvalue weighted by Gasteiger charge is 2.41. The molecule has 17 rings (SSSR count). The van der Waals surface area contributed by atoms with E-state index in [2.05, 4.69) is 107 Å².